The van der Waals surface area contributed by atoms with Crippen molar-refractivity contribution in [3.05, 3.63) is 0 Å². The molecule has 70 valence electrons. The predicted molar refractivity (Wildman–Crippen MR) is 51.2 cm³/mol. The van der Waals surface area contributed by atoms with Gasteiger partial charge >= 0.3 is 0 Å². The molecule has 1 heterocycles. The molecule has 0 spiro atoms. The summed E-state index contributed by atoms with van der Waals surface area (Å²) in [6.07, 6.45) is 4.24. The number of likely N-dealkylation sites (N-methyl/N-ethyl adjacent to an activating group) is 1. The molecule has 0 radical (unpaired) electrons. The molecule has 2 aliphatic rings. The minimum Gasteiger partial charge on any atom is -0.316 e. The zero-order valence-corrected chi connectivity index (χ0v) is 8.27. The maximum Gasteiger partial charge on any atom is 0.0204 e. The second-order valence-corrected chi connectivity index (χ2v) is 4.82. The van der Waals surface area contributed by atoms with Gasteiger partial charge in [0.1, 0.15) is 0 Å². The highest BCUT2D eigenvalue weighted by Crippen LogP contribution is 2.45. The predicted octanol–water partition coefficient (Wildman–Crippen LogP) is 1.08. The SMILES string of the molecule is CNC1CCN(CC2(C)CC2)C1. The van der Waals surface area contributed by atoms with Gasteiger partial charge in [0, 0.05) is 19.1 Å². The van der Waals surface area contributed by atoms with Gasteiger partial charge in [-0.1, -0.05) is 6.92 Å². The Morgan fingerprint density at radius 2 is 2.25 bits per heavy atom. The molecule has 0 bridgehead atoms. The van der Waals surface area contributed by atoms with Gasteiger partial charge in [-0.3, -0.25) is 0 Å². The summed E-state index contributed by atoms with van der Waals surface area (Å²) in [5.74, 6) is 0. The Morgan fingerprint density at radius 3 is 2.75 bits per heavy atom. The maximum atomic E-state index is 3.36. The van der Waals surface area contributed by atoms with E-state index in [9.17, 15) is 0 Å². The highest BCUT2D eigenvalue weighted by molar-refractivity contribution is 4.93. The molecule has 1 saturated heterocycles. The minimum absolute atomic E-state index is 0.697. The smallest absolute Gasteiger partial charge is 0.0204 e. The summed E-state index contributed by atoms with van der Waals surface area (Å²) in [6, 6.07) is 0.757. The lowest BCUT2D eigenvalue weighted by atomic mass is 10.1. The van der Waals surface area contributed by atoms with E-state index in [4.69, 9.17) is 0 Å². The summed E-state index contributed by atoms with van der Waals surface area (Å²) in [5.41, 5.74) is 0.697. The first-order chi connectivity index (χ1) is 5.72. The van der Waals surface area contributed by atoms with Crippen LogP contribution in [0.15, 0.2) is 0 Å². The summed E-state index contributed by atoms with van der Waals surface area (Å²) < 4.78 is 0. The van der Waals surface area contributed by atoms with Gasteiger partial charge in [0.25, 0.3) is 0 Å². The van der Waals surface area contributed by atoms with Gasteiger partial charge in [-0.2, -0.15) is 0 Å². The number of hydrogen-bond acceptors (Lipinski definition) is 2. The van der Waals surface area contributed by atoms with Crippen molar-refractivity contribution < 1.29 is 0 Å². The lowest BCUT2D eigenvalue weighted by Crippen LogP contribution is -2.32. The van der Waals surface area contributed by atoms with E-state index in [0.717, 1.165) is 6.04 Å². The van der Waals surface area contributed by atoms with Crippen LogP contribution in [0.2, 0.25) is 0 Å². The highest BCUT2D eigenvalue weighted by Gasteiger charge is 2.39. The molecular weight excluding hydrogens is 148 g/mol. The number of likely N-dealkylation sites (tertiary alicyclic amines) is 1. The van der Waals surface area contributed by atoms with E-state index in [1.54, 1.807) is 0 Å². The van der Waals surface area contributed by atoms with Gasteiger partial charge in [0.2, 0.25) is 0 Å². The van der Waals surface area contributed by atoms with Gasteiger partial charge in [0.15, 0.2) is 0 Å². The fraction of sp³-hybridized carbons (Fsp3) is 1.00. The molecule has 0 aromatic rings. The van der Waals surface area contributed by atoms with Gasteiger partial charge < -0.3 is 10.2 Å². The standard InChI is InChI=1S/C10H20N2/c1-10(4-5-10)8-12-6-3-9(7-12)11-2/h9,11H,3-8H2,1-2H3. The van der Waals surface area contributed by atoms with E-state index >= 15 is 0 Å². The molecule has 1 atom stereocenters. The van der Waals surface area contributed by atoms with Gasteiger partial charge in [0.05, 0.1) is 0 Å². The van der Waals surface area contributed by atoms with Crippen LogP contribution in [0.4, 0.5) is 0 Å². The molecule has 1 aliphatic carbocycles. The highest BCUT2D eigenvalue weighted by atomic mass is 15.2. The van der Waals surface area contributed by atoms with Crippen LogP contribution in [0.5, 0.6) is 0 Å². The molecule has 0 amide bonds. The van der Waals surface area contributed by atoms with Crippen molar-refractivity contribution in [2.45, 2.75) is 32.2 Å². The third kappa shape index (κ3) is 1.80. The molecule has 1 saturated carbocycles. The van der Waals surface area contributed by atoms with E-state index in [1.807, 2.05) is 0 Å². The lowest BCUT2D eigenvalue weighted by molar-refractivity contribution is 0.271. The third-order valence-corrected chi connectivity index (χ3v) is 3.39. The van der Waals surface area contributed by atoms with Crippen LogP contribution in [-0.4, -0.2) is 37.6 Å². The Morgan fingerprint density at radius 1 is 1.50 bits per heavy atom. The molecule has 1 unspecified atom stereocenters. The van der Waals surface area contributed by atoms with Crippen molar-refractivity contribution in [1.82, 2.24) is 10.2 Å². The first-order valence-electron chi connectivity index (χ1n) is 5.11. The van der Waals surface area contributed by atoms with Crippen LogP contribution in [0.1, 0.15) is 26.2 Å². The summed E-state index contributed by atoms with van der Waals surface area (Å²) in [6.45, 7) is 6.33. The van der Waals surface area contributed by atoms with Crippen LogP contribution >= 0.6 is 0 Å². The average molecular weight is 168 g/mol. The molecule has 2 rings (SSSR count). The summed E-state index contributed by atoms with van der Waals surface area (Å²) in [5, 5.41) is 3.36. The van der Waals surface area contributed by atoms with E-state index in [0.29, 0.717) is 5.41 Å². The van der Waals surface area contributed by atoms with Crippen LogP contribution < -0.4 is 5.32 Å². The Hall–Kier alpha value is -0.0800. The van der Waals surface area contributed by atoms with Crippen LogP contribution in [-0.2, 0) is 0 Å². The summed E-state index contributed by atoms with van der Waals surface area (Å²) in [4.78, 5) is 2.62. The fourth-order valence-corrected chi connectivity index (χ4v) is 2.12. The van der Waals surface area contributed by atoms with E-state index in [1.165, 1.54) is 38.9 Å². The quantitative estimate of drug-likeness (QED) is 0.678. The Balaban J connectivity index is 1.76. The van der Waals surface area contributed by atoms with Gasteiger partial charge in [-0.15, -0.1) is 0 Å². The molecular formula is C10H20N2. The Labute approximate surface area is 75.3 Å². The third-order valence-electron chi connectivity index (χ3n) is 3.39. The van der Waals surface area contributed by atoms with Gasteiger partial charge in [-0.05, 0) is 38.3 Å². The van der Waals surface area contributed by atoms with E-state index in [-0.39, 0.29) is 0 Å². The van der Waals surface area contributed by atoms with Crippen LogP contribution in [0, 0.1) is 5.41 Å². The normalized spacial score (nSPS) is 34.0. The zero-order chi connectivity index (χ0) is 8.60. The molecule has 0 aromatic carbocycles. The monoisotopic (exact) mass is 168 g/mol. The first-order valence-corrected chi connectivity index (χ1v) is 5.11. The number of rotatable bonds is 3. The molecule has 2 heteroatoms. The van der Waals surface area contributed by atoms with Crippen molar-refractivity contribution in [3.63, 3.8) is 0 Å². The first kappa shape index (κ1) is 8.52. The van der Waals surface area contributed by atoms with Crippen molar-refractivity contribution in [2.75, 3.05) is 26.7 Å². The van der Waals surface area contributed by atoms with Crippen molar-refractivity contribution >= 4 is 0 Å². The van der Waals surface area contributed by atoms with Gasteiger partial charge in [-0.25, -0.2) is 0 Å². The lowest BCUT2D eigenvalue weighted by Gasteiger charge is -2.19. The van der Waals surface area contributed by atoms with Crippen molar-refractivity contribution in [1.29, 1.82) is 0 Å². The second kappa shape index (κ2) is 3.00. The Kier molecular flexibility index (Phi) is 2.13. The second-order valence-electron chi connectivity index (χ2n) is 4.82. The fourth-order valence-electron chi connectivity index (χ4n) is 2.12. The number of nitrogens with one attached hydrogen (secondary N) is 1. The zero-order valence-electron chi connectivity index (χ0n) is 8.27. The average Bonchev–Trinajstić information content (AvgIpc) is 2.63. The summed E-state index contributed by atoms with van der Waals surface area (Å²) >= 11 is 0. The maximum absolute atomic E-state index is 3.36. The van der Waals surface area contributed by atoms with Crippen LogP contribution in [0.25, 0.3) is 0 Å². The Bertz CT molecular complexity index is 163. The summed E-state index contributed by atoms with van der Waals surface area (Å²) in [7, 11) is 2.08. The van der Waals surface area contributed by atoms with E-state index < -0.39 is 0 Å². The topological polar surface area (TPSA) is 15.3 Å². The van der Waals surface area contributed by atoms with E-state index in [2.05, 4.69) is 24.2 Å². The molecule has 1 N–H and O–H groups in total. The van der Waals surface area contributed by atoms with Crippen molar-refractivity contribution in [2.24, 2.45) is 5.41 Å². The van der Waals surface area contributed by atoms with Crippen LogP contribution in [0.3, 0.4) is 0 Å². The molecule has 2 fully saturated rings. The molecule has 1 aliphatic heterocycles. The minimum atomic E-state index is 0.697. The number of hydrogen-bond donors (Lipinski definition) is 1. The molecule has 0 aromatic heterocycles. The van der Waals surface area contributed by atoms with Crippen molar-refractivity contribution in [3.8, 4) is 0 Å². The molecule has 2 nitrogen and oxygen atoms in total. The largest absolute Gasteiger partial charge is 0.316 e. The molecule has 12 heavy (non-hydrogen) atoms. The number of nitrogens with zero attached hydrogens (tertiary/aromatic N) is 1.